The van der Waals surface area contributed by atoms with Crippen molar-refractivity contribution in [1.82, 2.24) is 10.3 Å². The number of carbonyl (C=O) groups is 3. The lowest BCUT2D eigenvalue weighted by molar-refractivity contribution is -0.155. The van der Waals surface area contributed by atoms with Crippen LogP contribution in [0.2, 0.25) is 0 Å². The first-order chi connectivity index (χ1) is 14.6. The largest absolute Gasteiger partial charge is 0.493 e. The molecule has 0 aliphatic heterocycles. The van der Waals surface area contributed by atoms with Crippen molar-refractivity contribution in [3.05, 3.63) is 18.0 Å². The molecular formula is C21H32N2O8. The van der Waals surface area contributed by atoms with Crippen molar-refractivity contribution < 1.29 is 38.1 Å². The molecule has 0 saturated heterocycles. The molecule has 1 atom stereocenters. The van der Waals surface area contributed by atoms with E-state index in [9.17, 15) is 14.4 Å². The monoisotopic (exact) mass is 440 g/mol. The van der Waals surface area contributed by atoms with Crippen molar-refractivity contribution in [2.45, 2.75) is 59.1 Å². The molecule has 1 N–H and O–H groups in total. The minimum atomic E-state index is -1.34. The van der Waals surface area contributed by atoms with Crippen molar-refractivity contribution in [2.75, 3.05) is 27.1 Å². The lowest BCUT2D eigenvalue weighted by atomic mass is 10.1. The smallest absolute Gasteiger partial charge is 0.331 e. The number of esters is 2. The Kier molecular flexibility index (Phi) is 10.7. The lowest BCUT2D eigenvalue weighted by Gasteiger charge is -2.26. The van der Waals surface area contributed by atoms with Gasteiger partial charge in [-0.15, -0.1) is 0 Å². The highest BCUT2D eigenvalue weighted by Gasteiger charge is 2.34. The average Bonchev–Trinajstić information content (AvgIpc) is 2.70. The molecule has 10 nitrogen and oxygen atoms in total. The van der Waals surface area contributed by atoms with Crippen LogP contribution >= 0.6 is 0 Å². The second-order valence-electron chi connectivity index (χ2n) is 7.29. The molecule has 10 heteroatoms. The molecule has 1 aromatic heterocycles. The van der Waals surface area contributed by atoms with E-state index in [-0.39, 0.29) is 23.3 Å². The Labute approximate surface area is 182 Å². The Morgan fingerprint density at radius 1 is 1.23 bits per heavy atom. The summed E-state index contributed by atoms with van der Waals surface area (Å²) < 4.78 is 26.1. The zero-order valence-electron chi connectivity index (χ0n) is 19.0. The number of nitrogens with one attached hydrogen (secondary N) is 1. The van der Waals surface area contributed by atoms with Crippen molar-refractivity contribution in [1.29, 1.82) is 0 Å². The number of pyridine rings is 1. The Bertz CT molecular complexity index is 751. The molecular weight excluding hydrogens is 408 g/mol. The highest BCUT2D eigenvalue weighted by Crippen LogP contribution is 2.30. The quantitative estimate of drug-likeness (QED) is 0.279. The summed E-state index contributed by atoms with van der Waals surface area (Å²) in [7, 11) is 1.39. The standard InChI is InChI=1S/C21H32N2O8/c1-7-11-28-12-9-14(2)31-20(26)21(4,5)23-19(25)17-18(30-13-29-15(3)24)16(27-6)8-10-22-17/h8,10,14H,7,9,11-13H2,1-6H3,(H,23,25). The number of amides is 1. The van der Waals surface area contributed by atoms with Gasteiger partial charge in [-0.25, -0.2) is 9.78 Å². The molecule has 0 bridgehead atoms. The van der Waals surface area contributed by atoms with E-state index in [2.05, 4.69) is 10.3 Å². The predicted molar refractivity (Wildman–Crippen MR) is 111 cm³/mol. The number of hydrogen-bond donors (Lipinski definition) is 1. The molecule has 31 heavy (non-hydrogen) atoms. The van der Waals surface area contributed by atoms with Crippen LogP contribution in [0.4, 0.5) is 0 Å². The Balaban J connectivity index is 2.83. The minimum absolute atomic E-state index is 0.0191. The Morgan fingerprint density at radius 2 is 1.94 bits per heavy atom. The van der Waals surface area contributed by atoms with Gasteiger partial charge in [0.1, 0.15) is 11.6 Å². The van der Waals surface area contributed by atoms with E-state index in [4.69, 9.17) is 23.7 Å². The lowest BCUT2D eigenvalue weighted by Crippen LogP contribution is -2.51. The molecule has 174 valence electrons. The molecule has 1 amide bonds. The maximum absolute atomic E-state index is 12.8. The molecule has 0 fully saturated rings. The van der Waals surface area contributed by atoms with Crippen LogP contribution < -0.4 is 14.8 Å². The summed E-state index contributed by atoms with van der Waals surface area (Å²) in [6.45, 7) is 8.74. The van der Waals surface area contributed by atoms with Gasteiger partial charge >= 0.3 is 11.9 Å². The van der Waals surface area contributed by atoms with Crippen molar-refractivity contribution in [3.63, 3.8) is 0 Å². The SMILES string of the molecule is CCCOCCC(C)OC(=O)C(C)(C)NC(=O)c1nccc(OC)c1OCOC(C)=O. The molecule has 1 unspecified atom stereocenters. The van der Waals surface area contributed by atoms with Crippen LogP contribution in [0, 0.1) is 0 Å². The minimum Gasteiger partial charge on any atom is -0.493 e. The van der Waals surface area contributed by atoms with Gasteiger partial charge in [0.2, 0.25) is 6.79 Å². The molecule has 1 rings (SSSR count). The summed E-state index contributed by atoms with van der Waals surface area (Å²) in [5.74, 6) is -1.64. The topological polar surface area (TPSA) is 122 Å². The van der Waals surface area contributed by atoms with E-state index in [0.29, 0.717) is 19.6 Å². The van der Waals surface area contributed by atoms with Crippen molar-refractivity contribution in [2.24, 2.45) is 0 Å². The van der Waals surface area contributed by atoms with Gasteiger partial charge in [-0.1, -0.05) is 6.92 Å². The van der Waals surface area contributed by atoms with Crippen LogP contribution in [0.5, 0.6) is 11.5 Å². The van der Waals surface area contributed by atoms with Gasteiger partial charge in [-0.05, 0) is 27.2 Å². The number of hydrogen-bond acceptors (Lipinski definition) is 9. The number of carbonyl (C=O) groups excluding carboxylic acids is 3. The molecule has 0 spiro atoms. The van der Waals surface area contributed by atoms with Gasteiger partial charge in [0.05, 0.1) is 13.7 Å². The highest BCUT2D eigenvalue weighted by atomic mass is 16.7. The maximum Gasteiger partial charge on any atom is 0.331 e. The fraction of sp³-hybridized carbons (Fsp3) is 0.619. The zero-order chi connectivity index (χ0) is 23.4. The summed E-state index contributed by atoms with van der Waals surface area (Å²) >= 11 is 0. The average molecular weight is 440 g/mol. The predicted octanol–water partition coefficient (Wildman–Crippen LogP) is 2.25. The molecule has 0 saturated carbocycles. The second-order valence-corrected chi connectivity index (χ2v) is 7.29. The van der Waals surface area contributed by atoms with E-state index in [1.165, 1.54) is 40.1 Å². The van der Waals surface area contributed by atoms with Gasteiger partial charge in [0.15, 0.2) is 17.2 Å². The summed E-state index contributed by atoms with van der Waals surface area (Å²) in [6.07, 6.45) is 2.44. The number of nitrogens with zero attached hydrogens (tertiary/aromatic N) is 1. The maximum atomic E-state index is 12.8. The van der Waals surface area contributed by atoms with E-state index in [1.54, 1.807) is 6.92 Å². The van der Waals surface area contributed by atoms with Crippen LogP contribution in [-0.2, 0) is 23.8 Å². The van der Waals surface area contributed by atoms with Crippen LogP contribution in [0.3, 0.4) is 0 Å². The molecule has 1 aromatic rings. The third-order valence-electron chi connectivity index (χ3n) is 4.03. The Morgan fingerprint density at radius 3 is 2.55 bits per heavy atom. The molecule has 0 radical (unpaired) electrons. The van der Waals surface area contributed by atoms with E-state index < -0.39 is 30.2 Å². The highest BCUT2D eigenvalue weighted by molar-refractivity contribution is 5.99. The van der Waals surface area contributed by atoms with Crippen molar-refractivity contribution in [3.8, 4) is 11.5 Å². The first kappa shape index (κ1) is 26.2. The fourth-order valence-electron chi connectivity index (χ4n) is 2.34. The molecule has 0 aromatic carbocycles. The first-order valence-corrected chi connectivity index (χ1v) is 10.0. The van der Waals surface area contributed by atoms with Crippen LogP contribution in [0.15, 0.2) is 12.3 Å². The van der Waals surface area contributed by atoms with Gasteiger partial charge < -0.3 is 29.0 Å². The summed E-state index contributed by atoms with van der Waals surface area (Å²) in [5, 5.41) is 2.59. The number of rotatable bonds is 13. The second kappa shape index (κ2) is 12.7. The van der Waals surface area contributed by atoms with Gasteiger partial charge in [0, 0.05) is 32.2 Å². The summed E-state index contributed by atoms with van der Waals surface area (Å²) in [5.41, 5.74) is -1.47. The molecule has 1 heterocycles. The number of ether oxygens (including phenoxy) is 5. The van der Waals surface area contributed by atoms with Crippen LogP contribution in [0.1, 0.15) is 57.9 Å². The van der Waals surface area contributed by atoms with E-state index in [0.717, 1.165) is 6.42 Å². The number of aromatic nitrogens is 1. The number of methoxy groups -OCH3 is 1. The summed E-state index contributed by atoms with van der Waals surface area (Å²) in [4.78, 5) is 40.4. The third-order valence-corrected chi connectivity index (χ3v) is 4.03. The van der Waals surface area contributed by atoms with Crippen LogP contribution in [0.25, 0.3) is 0 Å². The normalized spacial score (nSPS) is 11.9. The summed E-state index contributed by atoms with van der Waals surface area (Å²) in [6, 6.07) is 1.49. The Hall–Kier alpha value is -2.88. The third kappa shape index (κ3) is 8.79. The van der Waals surface area contributed by atoms with E-state index in [1.807, 2.05) is 6.92 Å². The van der Waals surface area contributed by atoms with Gasteiger partial charge in [-0.3, -0.25) is 9.59 Å². The zero-order valence-corrected chi connectivity index (χ0v) is 19.0. The molecule has 0 aliphatic rings. The van der Waals surface area contributed by atoms with Gasteiger partial charge in [0.25, 0.3) is 5.91 Å². The van der Waals surface area contributed by atoms with Gasteiger partial charge in [-0.2, -0.15) is 0 Å². The first-order valence-electron chi connectivity index (χ1n) is 10.0. The fourth-order valence-corrected chi connectivity index (χ4v) is 2.34. The van der Waals surface area contributed by atoms with Crippen LogP contribution in [-0.4, -0.2) is 61.6 Å². The molecule has 0 aliphatic carbocycles. The van der Waals surface area contributed by atoms with E-state index >= 15 is 0 Å². The van der Waals surface area contributed by atoms with Crippen molar-refractivity contribution >= 4 is 17.8 Å².